The third kappa shape index (κ3) is 4.81. The molecule has 0 saturated carbocycles. The monoisotopic (exact) mass is 426 g/mol. The van der Waals surface area contributed by atoms with Crippen LogP contribution in [-0.2, 0) is 10.0 Å². The Morgan fingerprint density at radius 2 is 1.52 bits per heavy atom. The Labute approximate surface area is 175 Å². The van der Waals surface area contributed by atoms with Gasteiger partial charge in [0, 0.05) is 10.5 Å². The maximum atomic E-state index is 13.0. The number of nitrogens with one attached hydrogen (secondary N) is 2. The van der Waals surface area contributed by atoms with Crippen LogP contribution in [0, 0.1) is 13.8 Å². The number of sulfonamides is 1. The number of hydrogen-bond donors (Lipinski definition) is 2. The molecule has 150 valence electrons. The zero-order valence-electron chi connectivity index (χ0n) is 16.4. The van der Waals surface area contributed by atoms with Gasteiger partial charge in [0.25, 0.3) is 15.9 Å². The minimum Gasteiger partial charge on any atom is -0.321 e. The van der Waals surface area contributed by atoms with Gasteiger partial charge < -0.3 is 5.32 Å². The van der Waals surface area contributed by atoms with Crippen LogP contribution in [0.5, 0.6) is 0 Å². The molecule has 1 amide bonds. The Balaban J connectivity index is 1.91. The summed E-state index contributed by atoms with van der Waals surface area (Å²) in [6, 6.07) is 19.3. The van der Waals surface area contributed by atoms with Crippen molar-refractivity contribution in [1.29, 1.82) is 0 Å². The number of para-hydroxylation sites is 2. The molecule has 0 atom stereocenters. The van der Waals surface area contributed by atoms with Gasteiger partial charge in [-0.25, -0.2) is 8.42 Å². The van der Waals surface area contributed by atoms with E-state index in [9.17, 15) is 13.2 Å². The number of hydrogen-bond acceptors (Lipinski definition) is 4. The van der Waals surface area contributed by atoms with Crippen molar-refractivity contribution in [2.24, 2.45) is 0 Å². The summed E-state index contributed by atoms with van der Waals surface area (Å²) in [5.41, 5.74) is 2.85. The number of rotatable bonds is 6. The van der Waals surface area contributed by atoms with Crippen LogP contribution < -0.4 is 10.0 Å². The molecule has 0 unspecified atom stereocenters. The molecular weight excluding hydrogens is 404 g/mol. The van der Waals surface area contributed by atoms with Gasteiger partial charge in [-0.15, -0.1) is 11.8 Å². The summed E-state index contributed by atoms with van der Waals surface area (Å²) in [5, 5.41) is 2.86. The molecule has 0 heterocycles. The molecule has 0 saturated heterocycles. The highest BCUT2D eigenvalue weighted by molar-refractivity contribution is 7.98. The van der Waals surface area contributed by atoms with Crippen molar-refractivity contribution in [2.75, 3.05) is 16.3 Å². The van der Waals surface area contributed by atoms with Crippen LogP contribution in [-0.4, -0.2) is 20.6 Å². The number of aryl methyl sites for hydroxylation is 2. The van der Waals surface area contributed by atoms with E-state index in [-0.39, 0.29) is 16.4 Å². The minimum atomic E-state index is -3.84. The van der Waals surface area contributed by atoms with E-state index in [4.69, 9.17) is 0 Å². The van der Waals surface area contributed by atoms with Gasteiger partial charge in [0.1, 0.15) is 0 Å². The lowest BCUT2D eigenvalue weighted by Gasteiger charge is -2.14. The summed E-state index contributed by atoms with van der Waals surface area (Å²) in [4.78, 5) is 13.8. The summed E-state index contributed by atoms with van der Waals surface area (Å²) in [5.74, 6) is -0.362. The molecular formula is C22H22N2O3S2. The largest absolute Gasteiger partial charge is 0.321 e. The molecule has 7 heteroatoms. The number of thioether (sulfide) groups is 1. The fourth-order valence-electron chi connectivity index (χ4n) is 2.86. The van der Waals surface area contributed by atoms with E-state index >= 15 is 0 Å². The zero-order valence-corrected chi connectivity index (χ0v) is 18.0. The topological polar surface area (TPSA) is 75.3 Å². The summed E-state index contributed by atoms with van der Waals surface area (Å²) < 4.78 is 28.5. The van der Waals surface area contributed by atoms with E-state index in [1.807, 2.05) is 49.6 Å². The molecule has 5 nitrogen and oxygen atoms in total. The van der Waals surface area contributed by atoms with E-state index in [0.717, 1.165) is 10.5 Å². The molecule has 29 heavy (non-hydrogen) atoms. The molecule has 0 aliphatic heterocycles. The molecule has 0 spiro atoms. The smallest absolute Gasteiger partial charge is 0.262 e. The van der Waals surface area contributed by atoms with Crippen LogP contribution in [0.2, 0.25) is 0 Å². The number of carbonyl (C=O) groups excluding carboxylic acids is 1. The van der Waals surface area contributed by atoms with Crippen LogP contribution in [0.1, 0.15) is 21.5 Å². The third-order valence-corrected chi connectivity index (χ3v) is 6.79. The average Bonchev–Trinajstić information content (AvgIpc) is 2.70. The Morgan fingerprint density at radius 3 is 2.21 bits per heavy atom. The van der Waals surface area contributed by atoms with E-state index in [2.05, 4.69) is 10.0 Å². The third-order valence-electron chi connectivity index (χ3n) is 4.48. The first-order chi connectivity index (χ1) is 13.8. The van der Waals surface area contributed by atoms with Crippen molar-refractivity contribution in [2.45, 2.75) is 23.6 Å². The van der Waals surface area contributed by atoms with Crippen LogP contribution in [0.4, 0.5) is 11.4 Å². The summed E-state index contributed by atoms with van der Waals surface area (Å²) in [6.07, 6.45) is 1.93. The van der Waals surface area contributed by atoms with Gasteiger partial charge in [-0.2, -0.15) is 0 Å². The van der Waals surface area contributed by atoms with Gasteiger partial charge >= 0.3 is 0 Å². The lowest BCUT2D eigenvalue weighted by Crippen LogP contribution is -2.17. The second-order valence-electron chi connectivity index (χ2n) is 6.56. The lowest BCUT2D eigenvalue weighted by atomic mass is 10.1. The molecule has 3 aromatic carbocycles. The van der Waals surface area contributed by atoms with Gasteiger partial charge in [-0.05, 0) is 61.6 Å². The number of carbonyl (C=O) groups is 1. The average molecular weight is 427 g/mol. The SMILES string of the molecule is CSc1ccccc1NC(=O)c1ccc(C)c(S(=O)(=O)Nc2ccccc2C)c1. The predicted octanol–water partition coefficient (Wildman–Crippen LogP) is 5.08. The first kappa shape index (κ1) is 21.0. The van der Waals surface area contributed by atoms with Gasteiger partial charge in [0.15, 0.2) is 0 Å². The number of amides is 1. The summed E-state index contributed by atoms with van der Waals surface area (Å²) >= 11 is 1.52. The molecule has 0 bridgehead atoms. The highest BCUT2D eigenvalue weighted by Crippen LogP contribution is 2.26. The standard InChI is InChI=1S/C22H22N2O3S2/c1-15-8-4-5-9-18(15)24-29(26,27)21-14-17(13-12-16(21)2)22(25)23-19-10-6-7-11-20(19)28-3/h4-14,24H,1-3H3,(H,23,25). The highest BCUT2D eigenvalue weighted by Gasteiger charge is 2.20. The van der Waals surface area contributed by atoms with E-state index in [1.54, 1.807) is 31.2 Å². The van der Waals surface area contributed by atoms with Gasteiger partial charge in [0.05, 0.1) is 16.3 Å². The molecule has 0 aliphatic rings. The van der Waals surface area contributed by atoms with E-state index in [1.165, 1.54) is 17.8 Å². The second-order valence-corrected chi connectivity index (χ2v) is 9.05. The van der Waals surface area contributed by atoms with Crippen LogP contribution in [0.3, 0.4) is 0 Å². The normalized spacial score (nSPS) is 11.1. The van der Waals surface area contributed by atoms with Crippen molar-refractivity contribution < 1.29 is 13.2 Å². The van der Waals surface area contributed by atoms with Crippen LogP contribution >= 0.6 is 11.8 Å². The quantitative estimate of drug-likeness (QED) is 0.539. The minimum absolute atomic E-state index is 0.0755. The van der Waals surface area contributed by atoms with Crippen molar-refractivity contribution in [1.82, 2.24) is 0 Å². The first-order valence-electron chi connectivity index (χ1n) is 8.95. The van der Waals surface area contributed by atoms with Crippen molar-refractivity contribution >= 4 is 39.1 Å². The van der Waals surface area contributed by atoms with Crippen molar-refractivity contribution in [3.63, 3.8) is 0 Å². The molecule has 0 radical (unpaired) electrons. The molecule has 3 aromatic rings. The summed E-state index contributed by atoms with van der Waals surface area (Å²) in [6.45, 7) is 3.54. The fourth-order valence-corrected chi connectivity index (χ4v) is 4.82. The van der Waals surface area contributed by atoms with E-state index < -0.39 is 10.0 Å². The predicted molar refractivity (Wildman–Crippen MR) is 119 cm³/mol. The van der Waals surface area contributed by atoms with E-state index in [0.29, 0.717) is 16.9 Å². The maximum absolute atomic E-state index is 13.0. The number of benzene rings is 3. The Kier molecular flexibility index (Phi) is 6.30. The molecule has 3 rings (SSSR count). The fraction of sp³-hybridized carbons (Fsp3) is 0.136. The zero-order chi connectivity index (χ0) is 21.0. The maximum Gasteiger partial charge on any atom is 0.262 e. The van der Waals surface area contributed by atoms with Gasteiger partial charge in [0.2, 0.25) is 0 Å². The Morgan fingerprint density at radius 1 is 0.862 bits per heavy atom. The molecule has 0 aromatic heterocycles. The van der Waals surface area contributed by atoms with Gasteiger partial charge in [-0.1, -0.05) is 36.4 Å². The molecule has 2 N–H and O–H groups in total. The van der Waals surface area contributed by atoms with Crippen molar-refractivity contribution in [3.8, 4) is 0 Å². The Hall–Kier alpha value is -2.77. The molecule has 0 aliphatic carbocycles. The van der Waals surface area contributed by atoms with Crippen LogP contribution in [0.15, 0.2) is 76.5 Å². The second kappa shape index (κ2) is 8.71. The Bertz CT molecular complexity index is 1160. The van der Waals surface area contributed by atoms with Crippen LogP contribution in [0.25, 0.3) is 0 Å². The van der Waals surface area contributed by atoms with Gasteiger partial charge in [-0.3, -0.25) is 9.52 Å². The highest BCUT2D eigenvalue weighted by atomic mass is 32.2. The molecule has 0 fully saturated rings. The summed E-state index contributed by atoms with van der Waals surface area (Å²) in [7, 11) is -3.84. The first-order valence-corrected chi connectivity index (χ1v) is 11.7. The number of anilines is 2. The lowest BCUT2D eigenvalue weighted by molar-refractivity contribution is 0.102. The van der Waals surface area contributed by atoms with Crippen molar-refractivity contribution in [3.05, 3.63) is 83.4 Å².